The van der Waals surface area contributed by atoms with Crippen molar-refractivity contribution in [2.75, 3.05) is 11.9 Å². The summed E-state index contributed by atoms with van der Waals surface area (Å²) in [5.41, 5.74) is 0. The van der Waals surface area contributed by atoms with Crippen LogP contribution in [0.25, 0.3) is 0 Å². The second-order valence-corrected chi connectivity index (χ2v) is 3.50. The van der Waals surface area contributed by atoms with Crippen LogP contribution in [0, 0.1) is 0 Å². The highest BCUT2D eigenvalue weighted by Crippen LogP contribution is 2.18. The molecule has 14 heavy (non-hydrogen) atoms. The summed E-state index contributed by atoms with van der Waals surface area (Å²) in [6, 6.07) is 2.39. The molecule has 2 rings (SSSR count). The summed E-state index contributed by atoms with van der Waals surface area (Å²) in [5.74, 6) is 0.670. The molecule has 0 saturated heterocycles. The summed E-state index contributed by atoms with van der Waals surface area (Å²) >= 11 is 0. The molecule has 5 nitrogen and oxygen atoms in total. The Balaban J connectivity index is 1.62. The number of aromatic nitrogens is 2. The lowest BCUT2D eigenvalue weighted by Gasteiger charge is -2.02. The molecule has 5 heteroatoms. The van der Waals surface area contributed by atoms with E-state index in [2.05, 4.69) is 20.8 Å². The number of hydrogen-bond acceptors (Lipinski definition) is 3. The van der Waals surface area contributed by atoms with Gasteiger partial charge in [-0.3, -0.25) is 9.89 Å². The summed E-state index contributed by atoms with van der Waals surface area (Å²) in [7, 11) is 0. The third-order valence-electron chi connectivity index (χ3n) is 2.14. The third-order valence-corrected chi connectivity index (χ3v) is 2.14. The van der Waals surface area contributed by atoms with Gasteiger partial charge in [-0.25, -0.2) is 0 Å². The maximum absolute atomic E-state index is 11.3. The summed E-state index contributed by atoms with van der Waals surface area (Å²) in [5, 5.41) is 12.4. The highest BCUT2D eigenvalue weighted by atomic mass is 16.1. The van der Waals surface area contributed by atoms with Gasteiger partial charge in [0, 0.05) is 25.1 Å². The highest BCUT2D eigenvalue weighted by molar-refractivity contribution is 5.89. The van der Waals surface area contributed by atoms with E-state index < -0.39 is 0 Å². The van der Waals surface area contributed by atoms with Gasteiger partial charge < -0.3 is 10.6 Å². The van der Waals surface area contributed by atoms with E-state index in [1.165, 1.54) is 12.8 Å². The molecule has 0 aliphatic heterocycles. The Morgan fingerprint density at radius 1 is 1.64 bits per heavy atom. The van der Waals surface area contributed by atoms with E-state index in [1.807, 2.05) is 0 Å². The summed E-state index contributed by atoms with van der Waals surface area (Å²) in [6.07, 6.45) is 4.62. The van der Waals surface area contributed by atoms with E-state index in [1.54, 1.807) is 12.3 Å². The van der Waals surface area contributed by atoms with Crippen molar-refractivity contribution in [1.29, 1.82) is 0 Å². The molecular formula is C9H14N4O. The number of H-pyrrole nitrogens is 1. The van der Waals surface area contributed by atoms with E-state index in [4.69, 9.17) is 0 Å². The average Bonchev–Trinajstić information content (AvgIpc) is 2.83. The first-order valence-electron chi connectivity index (χ1n) is 4.87. The zero-order valence-corrected chi connectivity index (χ0v) is 7.92. The van der Waals surface area contributed by atoms with Crippen molar-refractivity contribution in [3.8, 4) is 0 Å². The van der Waals surface area contributed by atoms with Gasteiger partial charge in [0.1, 0.15) is 5.82 Å². The Kier molecular flexibility index (Phi) is 2.78. The van der Waals surface area contributed by atoms with Crippen molar-refractivity contribution in [2.45, 2.75) is 25.3 Å². The van der Waals surface area contributed by atoms with Crippen LogP contribution in [-0.2, 0) is 4.79 Å². The molecule has 76 valence electrons. The number of aromatic amines is 1. The first-order chi connectivity index (χ1) is 6.84. The topological polar surface area (TPSA) is 69.8 Å². The maximum Gasteiger partial charge on any atom is 0.226 e. The minimum atomic E-state index is 0.0161. The Bertz CT molecular complexity index is 292. The van der Waals surface area contributed by atoms with Crippen LogP contribution in [0.2, 0.25) is 0 Å². The SMILES string of the molecule is O=C(CCNC1CC1)Nc1ccn[nH]1. The van der Waals surface area contributed by atoms with Crippen LogP contribution in [0.5, 0.6) is 0 Å². The van der Waals surface area contributed by atoms with E-state index in [0.29, 0.717) is 18.3 Å². The van der Waals surface area contributed by atoms with Crippen LogP contribution in [0.1, 0.15) is 19.3 Å². The molecule has 0 unspecified atom stereocenters. The first-order valence-corrected chi connectivity index (χ1v) is 4.87. The standard InChI is InChI=1S/C9H14N4O/c14-9(4-5-10-7-1-2-7)12-8-3-6-11-13-8/h3,6-7,10H,1-2,4-5H2,(H2,11,12,13,14). The van der Waals surface area contributed by atoms with Gasteiger partial charge in [0.2, 0.25) is 5.91 Å². The fourth-order valence-electron chi connectivity index (χ4n) is 1.22. The number of carbonyl (C=O) groups excluding carboxylic acids is 1. The molecule has 1 aromatic rings. The lowest BCUT2D eigenvalue weighted by molar-refractivity contribution is -0.116. The van der Waals surface area contributed by atoms with Gasteiger partial charge in [-0.2, -0.15) is 5.10 Å². The van der Waals surface area contributed by atoms with Gasteiger partial charge in [-0.15, -0.1) is 0 Å². The molecule has 0 atom stereocenters. The van der Waals surface area contributed by atoms with Crippen LogP contribution in [-0.4, -0.2) is 28.7 Å². The molecule has 1 fully saturated rings. The molecule has 1 saturated carbocycles. The molecule has 1 heterocycles. The van der Waals surface area contributed by atoms with Crippen molar-refractivity contribution in [2.24, 2.45) is 0 Å². The third kappa shape index (κ3) is 2.85. The summed E-state index contributed by atoms with van der Waals surface area (Å²) in [6.45, 7) is 0.755. The van der Waals surface area contributed by atoms with Gasteiger partial charge >= 0.3 is 0 Å². The Morgan fingerprint density at radius 3 is 3.14 bits per heavy atom. The van der Waals surface area contributed by atoms with Crippen molar-refractivity contribution in [1.82, 2.24) is 15.5 Å². The van der Waals surface area contributed by atoms with Crippen molar-refractivity contribution < 1.29 is 4.79 Å². The number of hydrogen-bond donors (Lipinski definition) is 3. The van der Waals surface area contributed by atoms with Crippen molar-refractivity contribution in [3.63, 3.8) is 0 Å². The Hall–Kier alpha value is -1.36. The molecule has 1 amide bonds. The van der Waals surface area contributed by atoms with Crippen LogP contribution in [0.15, 0.2) is 12.3 Å². The number of nitrogens with one attached hydrogen (secondary N) is 3. The number of rotatable bonds is 5. The zero-order chi connectivity index (χ0) is 9.80. The monoisotopic (exact) mass is 194 g/mol. The second-order valence-electron chi connectivity index (χ2n) is 3.50. The molecular weight excluding hydrogens is 180 g/mol. The van der Waals surface area contributed by atoms with Crippen LogP contribution in [0.3, 0.4) is 0 Å². The van der Waals surface area contributed by atoms with Crippen LogP contribution in [0.4, 0.5) is 5.82 Å². The largest absolute Gasteiger partial charge is 0.313 e. The number of amides is 1. The quantitative estimate of drug-likeness (QED) is 0.639. The predicted molar refractivity (Wildman–Crippen MR) is 52.9 cm³/mol. The molecule has 0 aromatic carbocycles. The molecule has 1 aliphatic rings. The van der Waals surface area contributed by atoms with Crippen molar-refractivity contribution >= 4 is 11.7 Å². The fourth-order valence-corrected chi connectivity index (χ4v) is 1.22. The minimum absolute atomic E-state index is 0.0161. The van der Waals surface area contributed by atoms with Crippen LogP contribution < -0.4 is 10.6 Å². The number of carbonyl (C=O) groups is 1. The lowest BCUT2D eigenvalue weighted by atomic mass is 10.4. The summed E-state index contributed by atoms with van der Waals surface area (Å²) < 4.78 is 0. The molecule has 0 bridgehead atoms. The molecule has 1 aromatic heterocycles. The van der Waals surface area contributed by atoms with Gasteiger partial charge in [-0.05, 0) is 12.8 Å². The van der Waals surface area contributed by atoms with E-state index in [0.717, 1.165) is 6.54 Å². The normalized spacial score (nSPS) is 15.4. The maximum atomic E-state index is 11.3. The van der Waals surface area contributed by atoms with Gasteiger partial charge in [0.05, 0.1) is 6.20 Å². The van der Waals surface area contributed by atoms with E-state index in [9.17, 15) is 4.79 Å². The first kappa shape index (κ1) is 9.21. The van der Waals surface area contributed by atoms with Gasteiger partial charge in [-0.1, -0.05) is 0 Å². The molecule has 3 N–H and O–H groups in total. The Labute approximate surface area is 82.3 Å². The minimum Gasteiger partial charge on any atom is -0.313 e. The number of anilines is 1. The van der Waals surface area contributed by atoms with E-state index in [-0.39, 0.29) is 5.91 Å². The predicted octanol–water partition coefficient (Wildman–Crippen LogP) is 0.490. The fraction of sp³-hybridized carbons (Fsp3) is 0.556. The van der Waals surface area contributed by atoms with Gasteiger partial charge in [0.25, 0.3) is 0 Å². The highest BCUT2D eigenvalue weighted by Gasteiger charge is 2.20. The Morgan fingerprint density at radius 2 is 2.50 bits per heavy atom. The summed E-state index contributed by atoms with van der Waals surface area (Å²) in [4.78, 5) is 11.3. The van der Waals surface area contributed by atoms with E-state index >= 15 is 0 Å². The zero-order valence-electron chi connectivity index (χ0n) is 7.92. The number of nitrogens with zero attached hydrogens (tertiary/aromatic N) is 1. The van der Waals surface area contributed by atoms with Gasteiger partial charge in [0.15, 0.2) is 0 Å². The second kappa shape index (κ2) is 4.23. The average molecular weight is 194 g/mol. The van der Waals surface area contributed by atoms with Crippen molar-refractivity contribution in [3.05, 3.63) is 12.3 Å². The molecule has 0 spiro atoms. The smallest absolute Gasteiger partial charge is 0.226 e. The molecule has 1 aliphatic carbocycles. The molecule has 0 radical (unpaired) electrons. The van der Waals surface area contributed by atoms with Crippen LogP contribution >= 0.6 is 0 Å². The lowest BCUT2D eigenvalue weighted by Crippen LogP contribution is -2.23.